The van der Waals surface area contributed by atoms with E-state index < -0.39 is 12.2 Å². The number of aliphatic hydroxyl groups is 2. The van der Waals surface area contributed by atoms with Gasteiger partial charge in [-0.15, -0.1) is 0 Å². The van der Waals surface area contributed by atoms with Crippen molar-refractivity contribution in [3.8, 4) is 0 Å². The van der Waals surface area contributed by atoms with Crippen molar-refractivity contribution in [2.24, 2.45) is 40.2 Å². The Morgan fingerprint density at radius 3 is 2.48 bits per heavy atom. The second-order valence-electron chi connectivity index (χ2n) is 9.52. The van der Waals surface area contributed by atoms with Gasteiger partial charge >= 0.3 is 0 Å². The minimum atomic E-state index is -0.608. The third kappa shape index (κ3) is 1.99. The minimum Gasteiger partial charge on any atom is -0.390 e. The summed E-state index contributed by atoms with van der Waals surface area (Å²) in [5.41, 5.74) is 7.89. The first-order valence-corrected chi connectivity index (χ1v) is 9.59. The molecular weight excluding hydrogens is 286 g/mol. The van der Waals surface area contributed by atoms with Crippen molar-refractivity contribution in [1.82, 2.24) is 0 Å². The van der Waals surface area contributed by atoms with E-state index in [1.54, 1.807) is 0 Å². The molecule has 0 amide bonds. The lowest BCUT2D eigenvalue weighted by molar-refractivity contribution is -0.210. The van der Waals surface area contributed by atoms with Crippen molar-refractivity contribution < 1.29 is 10.2 Å². The number of allylic oxidation sites excluding steroid dienone is 1. The topological polar surface area (TPSA) is 66.5 Å². The van der Waals surface area contributed by atoms with Crippen molar-refractivity contribution in [3.63, 3.8) is 0 Å². The van der Waals surface area contributed by atoms with Crippen LogP contribution in [-0.2, 0) is 0 Å². The van der Waals surface area contributed by atoms with Gasteiger partial charge in [0.25, 0.3) is 0 Å². The summed E-state index contributed by atoms with van der Waals surface area (Å²) >= 11 is 0. The lowest BCUT2D eigenvalue weighted by Gasteiger charge is -2.63. The summed E-state index contributed by atoms with van der Waals surface area (Å²) in [5.74, 6) is 1.42. The van der Waals surface area contributed by atoms with Gasteiger partial charge in [0.2, 0.25) is 0 Å². The van der Waals surface area contributed by atoms with Crippen molar-refractivity contribution in [2.45, 2.75) is 77.0 Å². The van der Waals surface area contributed by atoms with Crippen molar-refractivity contribution in [2.75, 3.05) is 0 Å². The highest BCUT2D eigenvalue weighted by molar-refractivity contribution is 5.23. The summed E-state index contributed by atoms with van der Waals surface area (Å²) in [5, 5.41) is 22.0. The summed E-state index contributed by atoms with van der Waals surface area (Å²) in [6.07, 6.45) is 6.45. The van der Waals surface area contributed by atoms with E-state index in [-0.39, 0.29) is 28.7 Å². The molecule has 4 fully saturated rings. The van der Waals surface area contributed by atoms with Gasteiger partial charge in [-0.2, -0.15) is 0 Å². The highest BCUT2D eigenvalue weighted by Gasteiger charge is 2.63. The molecule has 4 aliphatic carbocycles. The van der Waals surface area contributed by atoms with E-state index in [0.29, 0.717) is 11.8 Å². The molecule has 0 heterocycles. The summed E-state index contributed by atoms with van der Waals surface area (Å²) in [4.78, 5) is 0. The van der Waals surface area contributed by atoms with Crippen molar-refractivity contribution in [1.29, 1.82) is 0 Å². The minimum absolute atomic E-state index is 0.143. The molecule has 0 saturated heterocycles. The standard InChI is InChI=1S/C20H33NO2/c1-11-4-5-13-16-14(7-9-19(11,13)2)20(3)8-6-12(21)10-15(20)17(22)18(16)23/h12-18,22-23H,1,4-10,21H2,2-3H3/t12-,13-,14-,15?,16?,17+,18?,19+,20+/m0/s1. The Hall–Kier alpha value is -0.380. The molecule has 0 aromatic heterocycles. The van der Waals surface area contributed by atoms with Crippen LogP contribution in [0.4, 0.5) is 0 Å². The Morgan fingerprint density at radius 2 is 1.74 bits per heavy atom. The molecule has 3 heteroatoms. The lowest BCUT2D eigenvalue weighted by Crippen LogP contribution is -2.64. The van der Waals surface area contributed by atoms with Crippen LogP contribution < -0.4 is 5.73 Å². The fourth-order valence-electron chi connectivity index (χ4n) is 7.20. The zero-order valence-electron chi connectivity index (χ0n) is 14.7. The predicted molar refractivity (Wildman–Crippen MR) is 91.6 cm³/mol. The number of fused-ring (bicyclic) bond motifs is 5. The second kappa shape index (κ2) is 5.06. The SMILES string of the molecule is C=C1CC[C@H]2C3C(O)[C@H](O)C4C[C@@H](N)CC[C@]4(C)[C@H]3CC[C@]12C. The third-order valence-electron chi connectivity index (χ3n) is 8.75. The van der Waals surface area contributed by atoms with E-state index >= 15 is 0 Å². The molecule has 0 aliphatic heterocycles. The molecule has 4 N–H and O–H groups in total. The molecule has 0 radical (unpaired) electrons. The quantitative estimate of drug-likeness (QED) is 0.602. The van der Waals surface area contributed by atoms with Gasteiger partial charge in [0.1, 0.15) is 0 Å². The van der Waals surface area contributed by atoms with Crippen LogP contribution in [0.5, 0.6) is 0 Å². The summed E-state index contributed by atoms with van der Waals surface area (Å²) in [7, 11) is 0. The Bertz CT molecular complexity index is 520. The maximum absolute atomic E-state index is 11.0. The molecule has 3 nitrogen and oxygen atoms in total. The van der Waals surface area contributed by atoms with Crippen LogP contribution in [-0.4, -0.2) is 28.5 Å². The van der Waals surface area contributed by atoms with Crippen molar-refractivity contribution in [3.05, 3.63) is 12.2 Å². The number of rotatable bonds is 0. The maximum Gasteiger partial charge on any atom is 0.0836 e. The van der Waals surface area contributed by atoms with Gasteiger partial charge in [0.05, 0.1) is 12.2 Å². The number of aliphatic hydroxyl groups excluding tert-OH is 2. The first-order chi connectivity index (χ1) is 10.8. The average molecular weight is 319 g/mol. The van der Waals surface area contributed by atoms with Gasteiger partial charge in [-0.1, -0.05) is 26.0 Å². The Morgan fingerprint density at radius 1 is 1.00 bits per heavy atom. The Kier molecular flexibility index (Phi) is 3.54. The largest absolute Gasteiger partial charge is 0.390 e. The van der Waals surface area contributed by atoms with E-state index in [1.807, 2.05) is 0 Å². The van der Waals surface area contributed by atoms with Crippen molar-refractivity contribution >= 4 is 0 Å². The molecule has 23 heavy (non-hydrogen) atoms. The first kappa shape index (κ1) is 16.1. The van der Waals surface area contributed by atoms with Crippen LogP contribution in [0.3, 0.4) is 0 Å². The highest BCUT2D eigenvalue weighted by atomic mass is 16.3. The molecule has 0 spiro atoms. The number of nitrogens with two attached hydrogens (primary N) is 1. The Labute approximate surface area is 140 Å². The molecule has 4 aliphatic rings. The monoisotopic (exact) mass is 319 g/mol. The molecule has 130 valence electrons. The molecule has 3 unspecified atom stereocenters. The van der Waals surface area contributed by atoms with Gasteiger partial charge in [0, 0.05) is 6.04 Å². The van der Waals surface area contributed by atoms with E-state index in [9.17, 15) is 10.2 Å². The van der Waals surface area contributed by atoms with E-state index in [4.69, 9.17) is 5.73 Å². The summed E-state index contributed by atoms with van der Waals surface area (Å²) < 4.78 is 0. The van der Waals surface area contributed by atoms with Crippen LogP contribution in [0.2, 0.25) is 0 Å². The van der Waals surface area contributed by atoms with Gasteiger partial charge in [-0.3, -0.25) is 0 Å². The smallest absolute Gasteiger partial charge is 0.0836 e. The second-order valence-corrected chi connectivity index (χ2v) is 9.52. The number of hydrogen-bond donors (Lipinski definition) is 3. The first-order valence-electron chi connectivity index (χ1n) is 9.59. The molecule has 9 atom stereocenters. The van der Waals surface area contributed by atoms with Gasteiger partial charge in [-0.25, -0.2) is 0 Å². The predicted octanol–water partition coefficient (Wildman–Crippen LogP) is 2.85. The molecular formula is C20H33NO2. The Balaban J connectivity index is 1.73. The van der Waals surface area contributed by atoms with Crippen LogP contribution in [0.25, 0.3) is 0 Å². The molecule has 0 aromatic rings. The van der Waals surface area contributed by atoms with E-state index in [2.05, 4.69) is 20.4 Å². The average Bonchev–Trinajstić information content (AvgIpc) is 2.82. The van der Waals surface area contributed by atoms with Crippen LogP contribution in [0.1, 0.15) is 58.8 Å². The molecule has 0 bridgehead atoms. The maximum atomic E-state index is 11.0. The zero-order valence-corrected chi connectivity index (χ0v) is 14.7. The van der Waals surface area contributed by atoms with Crippen LogP contribution >= 0.6 is 0 Å². The fraction of sp³-hybridized carbons (Fsp3) is 0.900. The molecule has 0 aromatic carbocycles. The highest BCUT2D eigenvalue weighted by Crippen LogP contribution is 2.66. The third-order valence-corrected chi connectivity index (χ3v) is 8.75. The van der Waals surface area contributed by atoms with E-state index in [1.165, 1.54) is 18.4 Å². The van der Waals surface area contributed by atoms with Crippen LogP contribution in [0, 0.1) is 34.5 Å². The van der Waals surface area contributed by atoms with Gasteiger partial charge in [-0.05, 0) is 79.4 Å². The van der Waals surface area contributed by atoms with Gasteiger partial charge < -0.3 is 15.9 Å². The normalized spacial score (nSPS) is 59.2. The van der Waals surface area contributed by atoms with E-state index in [0.717, 1.165) is 32.1 Å². The van der Waals surface area contributed by atoms with Gasteiger partial charge in [0.15, 0.2) is 0 Å². The number of hydrogen-bond acceptors (Lipinski definition) is 3. The fourth-order valence-corrected chi connectivity index (χ4v) is 7.20. The summed E-state index contributed by atoms with van der Waals surface area (Å²) in [6.45, 7) is 9.07. The molecule has 4 rings (SSSR count). The molecule has 4 saturated carbocycles. The van der Waals surface area contributed by atoms with Crippen LogP contribution in [0.15, 0.2) is 12.2 Å². The lowest BCUT2D eigenvalue weighted by atomic mass is 9.43. The zero-order chi connectivity index (χ0) is 16.6. The summed E-state index contributed by atoms with van der Waals surface area (Å²) in [6, 6.07) is 0.187.